The minimum Gasteiger partial charge on any atom is -0.444 e. The van der Waals surface area contributed by atoms with Gasteiger partial charge in [-0.05, 0) is 57.7 Å². The average molecular weight is 571 g/mol. The molecule has 0 aliphatic heterocycles. The first-order valence-electron chi connectivity index (χ1n) is 14.9. The highest BCUT2D eigenvalue weighted by Crippen LogP contribution is 2.25. The largest absolute Gasteiger partial charge is 0.444 e. The monoisotopic (exact) mass is 570 g/mol. The van der Waals surface area contributed by atoms with Crippen molar-refractivity contribution in [1.29, 1.82) is 0 Å². The van der Waals surface area contributed by atoms with E-state index in [-0.39, 0.29) is 25.3 Å². The third-order valence-corrected chi connectivity index (χ3v) is 6.49. The van der Waals surface area contributed by atoms with Gasteiger partial charge in [0.25, 0.3) is 0 Å². The summed E-state index contributed by atoms with van der Waals surface area (Å²) in [5, 5.41) is 5.59. The van der Waals surface area contributed by atoms with Gasteiger partial charge in [0.2, 0.25) is 17.7 Å². The SMILES string of the molecule is C#Cc1ccc(C(C(=O)NCCCC)N(CCCCCCCC)C(=O)C(CCC(N)=O)NC(=O)OC(C)(C)C)cc1. The van der Waals surface area contributed by atoms with E-state index < -0.39 is 35.6 Å². The summed E-state index contributed by atoms with van der Waals surface area (Å²) < 4.78 is 5.39. The van der Waals surface area contributed by atoms with E-state index in [1.54, 1.807) is 45.0 Å². The molecule has 1 aromatic rings. The normalized spacial score (nSPS) is 12.5. The van der Waals surface area contributed by atoms with Gasteiger partial charge in [0.05, 0.1) is 0 Å². The van der Waals surface area contributed by atoms with Gasteiger partial charge >= 0.3 is 6.09 Å². The van der Waals surface area contributed by atoms with Crippen molar-refractivity contribution in [2.24, 2.45) is 5.73 Å². The second-order valence-corrected chi connectivity index (χ2v) is 11.3. The molecule has 4 N–H and O–H groups in total. The number of carbonyl (C=O) groups excluding carboxylic acids is 4. The van der Waals surface area contributed by atoms with Crippen LogP contribution in [0.1, 0.15) is 116 Å². The van der Waals surface area contributed by atoms with Crippen LogP contribution in [0.15, 0.2) is 24.3 Å². The molecular weight excluding hydrogens is 520 g/mol. The van der Waals surface area contributed by atoms with Crippen molar-refractivity contribution in [3.63, 3.8) is 0 Å². The van der Waals surface area contributed by atoms with Crippen molar-refractivity contribution >= 4 is 23.8 Å². The van der Waals surface area contributed by atoms with Crippen LogP contribution in [0.5, 0.6) is 0 Å². The highest BCUT2D eigenvalue weighted by molar-refractivity contribution is 5.92. The predicted octanol–water partition coefficient (Wildman–Crippen LogP) is 4.97. The average Bonchev–Trinajstić information content (AvgIpc) is 2.91. The predicted molar refractivity (Wildman–Crippen MR) is 162 cm³/mol. The maximum atomic E-state index is 14.2. The number of carbonyl (C=O) groups is 4. The molecule has 228 valence electrons. The van der Waals surface area contributed by atoms with Crippen molar-refractivity contribution in [2.45, 2.75) is 117 Å². The van der Waals surface area contributed by atoms with E-state index in [1.165, 1.54) is 4.90 Å². The highest BCUT2D eigenvalue weighted by Gasteiger charge is 2.36. The number of benzene rings is 1. The molecule has 0 aliphatic rings. The summed E-state index contributed by atoms with van der Waals surface area (Å²) in [5.74, 6) is 1.17. The van der Waals surface area contributed by atoms with Gasteiger partial charge in [0.1, 0.15) is 17.7 Å². The number of unbranched alkanes of at least 4 members (excludes halogenated alkanes) is 6. The molecule has 1 rings (SSSR count). The molecule has 0 fully saturated rings. The fourth-order valence-corrected chi connectivity index (χ4v) is 4.34. The molecule has 0 bridgehead atoms. The molecule has 0 saturated carbocycles. The number of nitrogens with zero attached hydrogens (tertiary/aromatic N) is 1. The van der Waals surface area contributed by atoms with Gasteiger partial charge in [0, 0.05) is 25.1 Å². The molecule has 0 heterocycles. The molecule has 2 unspecified atom stereocenters. The van der Waals surface area contributed by atoms with Gasteiger partial charge < -0.3 is 26.0 Å². The topological polar surface area (TPSA) is 131 Å². The molecule has 2 atom stereocenters. The van der Waals surface area contributed by atoms with Gasteiger partial charge in [-0.1, -0.05) is 70.4 Å². The number of hydrogen-bond acceptors (Lipinski definition) is 5. The lowest BCUT2D eigenvalue weighted by Crippen LogP contribution is -2.53. The minimum atomic E-state index is -1.12. The van der Waals surface area contributed by atoms with Crippen molar-refractivity contribution in [3.05, 3.63) is 35.4 Å². The highest BCUT2D eigenvalue weighted by atomic mass is 16.6. The summed E-state index contributed by atoms with van der Waals surface area (Å²) in [5.41, 5.74) is 5.85. The molecule has 0 radical (unpaired) electrons. The summed E-state index contributed by atoms with van der Waals surface area (Å²) in [6, 6.07) is 4.89. The number of primary amides is 1. The summed E-state index contributed by atoms with van der Waals surface area (Å²) >= 11 is 0. The Morgan fingerprint density at radius 3 is 2.15 bits per heavy atom. The molecule has 4 amide bonds. The number of hydrogen-bond donors (Lipinski definition) is 3. The fraction of sp³-hybridized carbons (Fsp3) is 0.625. The molecule has 0 saturated heterocycles. The van der Waals surface area contributed by atoms with Crippen LogP contribution in [0.4, 0.5) is 4.79 Å². The molecule has 9 heteroatoms. The third kappa shape index (κ3) is 14.1. The number of nitrogens with one attached hydrogen (secondary N) is 2. The number of amides is 4. The second-order valence-electron chi connectivity index (χ2n) is 11.3. The van der Waals surface area contributed by atoms with E-state index in [1.807, 2.05) is 6.92 Å². The van der Waals surface area contributed by atoms with E-state index >= 15 is 0 Å². The summed E-state index contributed by atoms with van der Waals surface area (Å²) in [4.78, 5) is 53.7. The van der Waals surface area contributed by atoms with Gasteiger partial charge in [-0.3, -0.25) is 14.4 Å². The first-order chi connectivity index (χ1) is 19.4. The second kappa shape index (κ2) is 18.7. The summed E-state index contributed by atoms with van der Waals surface area (Å²) in [7, 11) is 0. The zero-order valence-corrected chi connectivity index (χ0v) is 25.6. The van der Waals surface area contributed by atoms with E-state index in [4.69, 9.17) is 16.9 Å². The maximum absolute atomic E-state index is 14.2. The Morgan fingerprint density at radius 1 is 0.976 bits per heavy atom. The quantitative estimate of drug-likeness (QED) is 0.169. The Bertz CT molecular complexity index is 1010. The van der Waals surface area contributed by atoms with Crippen molar-refractivity contribution in [2.75, 3.05) is 13.1 Å². The first-order valence-corrected chi connectivity index (χ1v) is 14.9. The van der Waals surface area contributed by atoms with Crippen molar-refractivity contribution in [1.82, 2.24) is 15.5 Å². The van der Waals surface area contributed by atoms with Gasteiger partial charge in [0.15, 0.2) is 0 Å². The van der Waals surface area contributed by atoms with Crippen LogP contribution in [0.3, 0.4) is 0 Å². The number of nitrogens with two attached hydrogens (primary N) is 1. The number of rotatable bonds is 18. The smallest absolute Gasteiger partial charge is 0.408 e. The number of terminal acetylenes is 1. The Morgan fingerprint density at radius 2 is 1.59 bits per heavy atom. The van der Waals surface area contributed by atoms with E-state index in [9.17, 15) is 19.2 Å². The van der Waals surface area contributed by atoms with Crippen LogP contribution in [0.25, 0.3) is 0 Å². The minimum absolute atomic E-state index is 0.0272. The molecular formula is C32H50N4O5. The van der Waals surface area contributed by atoms with Gasteiger partial charge in [-0.25, -0.2) is 4.79 Å². The van der Waals surface area contributed by atoms with E-state index in [0.717, 1.165) is 44.9 Å². The number of ether oxygens (including phenoxy) is 1. The Labute approximate surface area is 246 Å². The van der Waals surface area contributed by atoms with Crippen LogP contribution in [-0.2, 0) is 19.1 Å². The lowest BCUT2D eigenvalue weighted by molar-refractivity contribution is -0.142. The standard InChI is InChI=1S/C32H50N4O5/c1-7-10-12-13-14-15-23-36(30(39)26(20-21-27(33)37)35-31(40)41-32(4,5)6)28(29(38)34-22-11-8-2)25-18-16-24(9-3)17-19-25/h3,16-19,26,28H,7-8,10-15,20-23H2,1-2,4-6H3,(H2,33,37)(H,34,38)(H,35,40). The zero-order chi connectivity index (χ0) is 30.8. The fourth-order valence-electron chi connectivity index (χ4n) is 4.34. The van der Waals surface area contributed by atoms with Crippen LogP contribution >= 0.6 is 0 Å². The lowest BCUT2D eigenvalue weighted by Gasteiger charge is -2.34. The van der Waals surface area contributed by atoms with Crippen molar-refractivity contribution < 1.29 is 23.9 Å². The van der Waals surface area contributed by atoms with Gasteiger partial charge in [-0.2, -0.15) is 0 Å². The van der Waals surface area contributed by atoms with Crippen LogP contribution in [0, 0.1) is 12.3 Å². The summed E-state index contributed by atoms with van der Waals surface area (Å²) in [6.45, 7) is 10.1. The summed E-state index contributed by atoms with van der Waals surface area (Å²) in [6.07, 6.45) is 12.2. The molecule has 0 aliphatic carbocycles. The van der Waals surface area contributed by atoms with E-state index in [0.29, 0.717) is 24.1 Å². The first kappa shape index (κ1) is 35.5. The van der Waals surface area contributed by atoms with Crippen LogP contribution < -0.4 is 16.4 Å². The molecule has 0 aromatic heterocycles. The third-order valence-electron chi connectivity index (χ3n) is 6.49. The van der Waals surface area contributed by atoms with Crippen LogP contribution in [0.2, 0.25) is 0 Å². The molecule has 9 nitrogen and oxygen atoms in total. The Balaban J connectivity index is 3.46. The van der Waals surface area contributed by atoms with Gasteiger partial charge in [-0.15, -0.1) is 6.42 Å². The molecule has 1 aromatic carbocycles. The number of alkyl carbamates (subject to hydrolysis) is 1. The lowest BCUT2D eigenvalue weighted by atomic mass is 9.99. The van der Waals surface area contributed by atoms with Crippen molar-refractivity contribution in [3.8, 4) is 12.3 Å². The Hall–Kier alpha value is -3.54. The van der Waals surface area contributed by atoms with E-state index in [2.05, 4.69) is 23.5 Å². The molecule has 41 heavy (non-hydrogen) atoms. The Kier molecular flexibility index (Phi) is 16.2. The maximum Gasteiger partial charge on any atom is 0.408 e. The molecule has 0 spiro atoms. The van der Waals surface area contributed by atoms with Crippen LogP contribution in [-0.4, -0.2) is 53.4 Å². The zero-order valence-electron chi connectivity index (χ0n) is 25.6.